The van der Waals surface area contributed by atoms with E-state index >= 15 is 0 Å². The fourth-order valence-electron chi connectivity index (χ4n) is 4.13. The molecule has 10 heteroatoms. The summed E-state index contributed by atoms with van der Waals surface area (Å²) in [4.78, 5) is 2.10. The summed E-state index contributed by atoms with van der Waals surface area (Å²) >= 11 is 3.22. The van der Waals surface area contributed by atoms with Gasteiger partial charge in [0.2, 0.25) is 11.6 Å². The van der Waals surface area contributed by atoms with Crippen LogP contribution < -0.4 is 18.9 Å². The summed E-state index contributed by atoms with van der Waals surface area (Å²) < 4.78 is 22.9. The van der Waals surface area contributed by atoms with E-state index in [1.165, 1.54) is 0 Å². The summed E-state index contributed by atoms with van der Waals surface area (Å²) in [6, 6.07) is 15.9. The predicted octanol–water partition coefficient (Wildman–Crippen LogP) is 5.60. The number of aromatic nitrogens is 4. The minimum atomic E-state index is 0.470. The first-order valence-electron chi connectivity index (χ1n) is 11.4. The van der Waals surface area contributed by atoms with Gasteiger partial charge < -0.3 is 18.9 Å². The quantitative estimate of drug-likeness (QED) is 0.306. The van der Waals surface area contributed by atoms with Crippen LogP contribution in [0.3, 0.4) is 0 Å². The molecule has 2 aromatic carbocycles. The van der Waals surface area contributed by atoms with E-state index in [0.29, 0.717) is 38.1 Å². The van der Waals surface area contributed by atoms with Crippen LogP contribution in [-0.2, 0) is 0 Å². The molecule has 0 unspecified atom stereocenters. The molecule has 0 amide bonds. The van der Waals surface area contributed by atoms with E-state index in [-0.39, 0.29) is 0 Å². The highest BCUT2D eigenvalue weighted by molar-refractivity contribution is 7.14. The minimum absolute atomic E-state index is 0.470. The molecule has 178 valence electrons. The highest BCUT2D eigenvalue weighted by Crippen LogP contribution is 2.46. The normalized spacial score (nSPS) is 14.0. The molecule has 0 N–H and O–H groups in total. The molecular weight excluding hydrogens is 496 g/mol. The maximum atomic E-state index is 5.80. The number of hydrogen-bond acceptors (Lipinski definition) is 10. The highest BCUT2D eigenvalue weighted by Gasteiger charge is 2.21. The monoisotopic (exact) mass is 514 g/mol. The molecule has 36 heavy (non-hydrogen) atoms. The van der Waals surface area contributed by atoms with Crippen molar-refractivity contribution in [1.82, 2.24) is 20.4 Å². The van der Waals surface area contributed by atoms with Gasteiger partial charge in [-0.1, -0.05) is 48.5 Å². The van der Waals surface area contributed by atoms with Gasteiger partial charge in [0, 0.05) is 21.9 Å². The molecule has 5 heterocycles. The summed E-state index contributed by atoms with van der Waals surface area (Å²) in [5.74, 6) is 4.18. The van der Waals surface area contributed by atoms with Crippen molar-refractivity contribution < 1.29 is 18.9 Å². The Hall–Kier alpha value is -4.02. The number of ether oxygens (including phenoxy) is 4. The van der Waals surface area contributed by atoms with Crippen LogP contribution in [0.5, 0.6) is 23.0 Å². The standard InChI is InChI=1S/C26H18N4O4S2/c1-5-17(6-2-15(1)23-21-19(13-35-23)31-9-11-33-21)25-27-29-26(30-28-25)18-7-3-16(4-8-18)24-22-20(14-36-24)32-10-12-34-22/h1-8,13-14H,9-12H2. The predicted molar refractivity (Wildman–Crippen MR) is 137 cm³/mol. The number of thiophene rings is 2. The van der Waals surface area contributed by atoms with Crippen LogP contribution in [0, 0.1) is 0 Å². The Bertz CT molecular complexity index is 1410. The van der Waals surface area contributed by atoms with E-state index in [4.69, 9.17) is 18.9 Å². The third-order valence-corrected chi connectivity index (χ3v) is 7.87. The molecule has 7 rings (SSSR count). The molecule has 3 aromatic heterocycles. The SMILES string of the molecule is c1cc(-c2scc3c2OCCO3)ccc1-c1nnc(-c2ccc(-c3scc4c3OCCO4)cc2)nn1. The van der Waals surface area contributed by atoms with Crippen molar-refractivity contribution in [3.8, 4) is 66.7 Å². The van der Waals surface area contributed by atoms with Crippen LogP contribution in [-0.4, -0.2) is 46.8 Å². The summed E-state index contributed by atoms with van der Waals surface area (Å²) in [5, 5.41) is 21.2. The fourth-order valence-corrected chi connectivity index (χ4v) is 6.00. The van der Waals surface area contributed by atoms with Crippen molar-refractivity contribution >= 4 is 22.7 Å². The van der Waals surface area contributed by atoms with E-state index in [9.17, 15) is 0 Å². The molecule has 2 aliphatic heterocycles. The first-order chi connectivity index (χ1) is 17.8. The van der Waals surface area contributed by atoms with Crippen LogP contribution in [0.4, 0.5) is 0 Å². The molecule has 0 radical (unpaired) electrons. The average molecular weight is 515 g/mol. The molecule has 8 nitrogen and oxygen atoms in total. The summed E-state index contributed by atoms with van der Waals surface area (Å²) in [6.45, 7) is 2.30. The Kier molecular flexibility index (Phi) is 5.25. The lowest BCUT2D eigenvalue weighted by atomic mass is 10.1. The van der Waals surface area contributed by atoms with Crippen molar-refractivity contribution in [3.63, 3.8) is 0 Å². The van der Waals surface area contributed by atoms with Gasteiger partial charge in [-0.2, -0.15) is 0 Å². The number of fused-ring (bicyclic) bond motifs is 2. The fraction of sp³-hybridized carbons (Fsp3) is 0.154. The molecule has 0 aliphatic carbocycles. The first-order valence-corrected chi connectivity index (χ1v) is 13.1. The van der Waals surface area contributed by atoms with Crippen molar-refractivity contribution in [3.05, 3.63) is 59.3 Å². The Morgan fingerprint density at radius 1 is 0.472 bits per heavy atom. The van der Waals surface area contributed by atoms with Gasteiger partial charge in [-0.3, -0.25) is 0 Å². The van der Waals surface area contributed by atoms with Crippen molar-refractivity contribution in [1.29, 1.82) is 0 Å². The van der Waals surface area contributed by atoms with Crippen LogP contribution in [0.2, 0.25) is 0 Å². The second kappa shape index (κ2) is 8.89. The maximum Gasteiger partial charge on any atom is 0.203 e. The number of benzene rings is 2. The molecular formula is C26H18N4O4S2. The zero-order chi connectivity index (χ0) is 23.9. The second-order valence-corrected chi connectivity index (χ2v) is 9.87. The van der Waals surface area contributed by atoms with Gasteiger partial charge in [0.1, 0.15) is 26.4 Å². The lowest BCUT2D eigenvalue weighted by Gasteiger charge is -2.16. The van der Waals surface area contributed by atoms with E-state index in [2.05, 4.69) is 20.4 Å². The van der Waals surface area contributed by atoms with E-state index in [0.717, 1.165) is 55.0 Å². The van der Waals surface area contributed by atoms with Gasteiger partial charge in [-0.05, 0) is 11.1 Å². The largest absolute Gasteiger partial charge is 0.485 e. The van der Waals surface area contributed by atoms with Gasteiger partial charge in [-0.15, -0.1) is 43.1 Å². The third-order valence-electron chi connectivity index (χ3n) is 5.89. The summed E-state index contributed by atoms with van der Waals surface area (Å²) in [7, 11) is 0. The van der Waals surface area contributed by atoms with Gasteiger partial charge in [0.05, 0.1) is 9.75 Å². The zero-order valence-electron chi connectivity index (χ0n) is 18.8. The minimum Gasteiger partial charge on any atom is -0.485 e. The van der Waals surface area contributed by atoms with Crippen LogP contribution in [0.25, 0.3) is 43.7 Å². The second-order valence-electron chi connectivity index (χ2n) is 8.11. The van der Waals surface area contributed by atoms with Crippen molar-refractivity contribution in [2.75, 3.05) is 26.4 Å². The molecule has 0 spiro atoms. The van der Waals surface area contributed by atoms with Crippen LogP contribution in [0.1, 0.15) is 0 Å². The lowest BCUT2D eigenvalue weighted by Crippen LogP contribution is -2.14. The molecule has 0 fully saturated rings. The zero-order valence-corrected chi connectivity index (χ0v) is 20.5. The van der Waals surface area contributed by atoms with Gasteiger partial charge in [0.15, 0.2) is 23.0 Å². The molecule has 0 bridgehead atoms. The van der Waals surface area contributed by atoms with E-state index < -0.39 is 0 Å². The first kappa shape index (κ1) is 21.3. The smallest absolute Gasteiger partial charge is 0.203 e. The van der Waals surface area contributed by atoms with E-state index in [1.54, 1.807) is 22.7 Å². The molecule has 0 saturated heterocycles. The Balaban J connectivity index is 1.10. The Morgan fingerprint density at radius 2 is 0.833 bits per heavy atom. The Labute approximate surface area is 214 Å². The van der Waals surface area contributed by atoms with Crippen LogP contribution >= 0.6 is 22.7 Å². The Morgan fingerprint density at radius 3 is 1.25 bits per heavy atom. The number of rotatable bonds is 4. The average Bonchev–Trinajstić information content (AvgIpc) is 3.58. The van der Waals surface area contributed by atoms with E-state index in [1.807, 2.05) is 59.3 Å². The molecule has 0 saturated carbocycles. The van der Waals surface area contributed by atoms with Gasteiger partial charge >= 0.3 is 0 Å². The lowest BCUT2D eigenvalue weighted by molar-refractivity contribution is 0.174. The van der Waals surface area contributed by atoms with Gasteiger partial charge in [-0.25, -0.2) is 0 Å². The summed E-state index contributed by atoms with van der Waals surface area (Å²) in [6.07, 6.45) is 0. The highest BCUT2D eigenvalue weighted by atomic mass is 32.1. The molecule has 0 atom stereocenters. The van der Waals surface area contributed by atoms with Crippen LogP contribution in [0.15, 0.2) is 59.3 Å². The summed E-state index contributed by atoms with van der Waals surface area (Å²) in [5.41, 5.74) is 3.79. The topological polar surface area (TPSA) is 88.5 Å². The number of hydrogen-bond donors (Lipinski definition) is 0. The number of nitrogens with zero attached hydrogens (tertiary/aromatic N) is 4. The van der Waals surface area contributed by atoms with Gasteiger partial charge in [0.25, 0.3) is 0 Å². The third kappa shape index (κ3) is 3.75. The van der Waals surface area contributed by atoms with Crippen molar-refractivity contribution in [2.24, 2.45) is 0 Å². The van der Waals surface area contributed by atoms with Crippen molar-refractivity contribution in [2.45, 2.75) is 0 Å². The maximum absolute atomic E-state index is 5.80. The molecule has 5 aromatic rings. The molecule has 2 aliphatic rings.